The highest BCUT2D eigenvalue weighted by Crippen LogP contribution is 2.41. The van der Waals surface area contributed by atoms with E-state index < -0.39 is 11.6 Å². The summed E-state index contributed by atoms with van der Waals surface area (Å²) in [6.07, 6.45) is 0. The molecule has 104 valence electrons. The van der Waals surface area contributed by atoms with E-state index in [1.54, 1.807) is 6.07 Å². The van der Waals surface area contributed by atoms with Gasteiger partial charge >= 0.3 is 0 Å². The molecule has 1 heterocycles. The molecule has 2 nitrogen and oxygen atoms in total. The Hall–Kier alpha value is -1.94. The molecule has 2 unspecified atom stereocenters. The van der Waals surface area contributed by atoms with Gasteiger partial charge in [0.2, 0.25) is 0 Å². The lowest BCUT2D eigenvalue weighted by molar-refractivity contribution is 0.304. The summed E-state index contributed by atoms with van der Waals surface area (Å²) in [6.45, 7) is 0.532. The van der Waals surface area contributed by atoms with Crippen LogP contribution in [0.5, 0.6) is 5.75 Å². The Morgan fingerprint density at radius 2 is 1.95 bits per heavy atom. The Labute approximate surface area is 116 Å². The van der Waals surface area contributed by atoms with Crippen LogP contribution >= 0.6 is 0 Å². The van der Waals surface area contributed by atoms with Crippen LogP contribution in [0.3, 0.4) is 0 Å². The zero-order valence-corrected chi connectivity index (χ0v) is 11.1. The first-order valence-corrected chi connectivity index (χ1v) is 6.54. The SMILES string of the molecule is CNC(c1ccc(F)c(F)c1)C1COc2ccccc21. The fourth-order valence-corrected chi connectivity index (χ4v) is 2.77. The highest BCUT2D eigenvalue weighted by Gasteiger charge is 2.31. The quantitative estimate of drug-likeness (QED) is 0.927. The van der Waals surface area contributed by atoms with Crippen molar-refractivity contribution in [1.82, 2.24) is 5.32 Å². The number of fused-ring (bicyclic) bond motifs is 1. The third-order valence-electron chi connectivity index (χ3n) is 3.75. The molecule has 20 heavy (non-hydrogen) atoms. The van der Waals surface area contributed by atoms with Crippen LogP contribution in [0.1, 0.15) is 23.1 Å². The van der Waals surface area contributed by atoms with Gasteiger partial charge in [-0.15, -0.1) is 0 Å². The molecule has 1 N–H and O–H groups in total. The number of likely N-dealkylation sites (N-methyl/N-ethyl adjacent to an activating group) is 1. The number of halogens is 2. The van der Waals surface area contributed by atoms with Crippen molar-refractivity contribution in [2.24, 2.45) is 0 Å². The molecule has 2 aromatic rings. The molecule has 0 bridgehead atoms. The molecular formula is C16H15F2NO. The second-order valence-corrected chi connectivity index (χ2v) is 4.90. The van der Waals surface area contributed by atoms with Crippen LogP contribution in [0.15, 0.2) is 42.5 Å². The van der Waals surface area contributed by atoms with Gasteiger partial charge in [-0.1, -0.05) is 24.3 Å². The summed E-state index contributed by atoms with van der Waals surface area (Å²) in [7, 11) is 1.81. The molecule has 2 aromatic carbocycles. The van der Waals surface area contributed by atoms with Crippen molar-refractivity contribution in [2.45, 2.75) is 12.0 Å². The average molecular weight is 275 g/mol. The predicted octanol–water partition coefficient (Wildman–Crippen LogP) is 3.40. The van der Waals surface area contributed by atoms with Crippen LogP contribution in [0.4, 0.5) is 8.78 Å². The van der Waals surface area contributed by atoms with E-state index in [0.717, 1.165) is 22.9 Å². The molecule has 0 amide bonds. The Morgan fingerprint density at radius 3 is 2.70 bits per heavy atom. The molecule has 0 saturated carbocycles. The first-order valence-electron chi connectivity index (χ1n) is 6.54. The number of rotatable bonds is 3. The molecule has 0 aromatic heterocycles. The van der Waals surface area contributed by atoms with Crippen molar-refractivity contribution >= 4 is 0 Å². The predicted molar refractivity (Wildman–Crippen MR) is 72.8 cm³/mol. The first-order chi connectivity index (χ1) is 9.70. The summed E-state index contributed by atoms with van der Waals surface area (Å²) in [5.74, 6) is -0.706. The maximum absolute atomic E-state index is 13.4. The minimum Gasteiger partial charge on any atom is -0.493 e. The minimum absolute atomic E-state index is 0.0843. The molecule has 0 saturated heterocycles. The zero-order chi connectivity index (χ0) is 14.1. The van der Waals surface area contributed by atoms with Crippen LogP contribution in [-0.4, -0.2) is 13.7 Å². The third kappa shape index (κ3) is 2.16. The molecule has 0 radical (unpaired) electrons. The van der Waals surface area contributed by atoms with Crippen LogP contribution in [-0.2, 0) is 0 Å². The summed E-state index contributed by atoms with van der Waals surface area (Å²) >= 11 is 0. The lowest BCUT2D eigenvalue weighted by Crippen LogP contribution is -2.25. The van der Waals surface area contributed by atoms with Gasteiger partial charge in [-0.2, -0.15) is 0 Å². The van der Waals surface area contributed by atoms with Crippen molar-refractivity contribution in [3.63, 3.8) is 0 Å². The van der Waals surface area contributed by atoms with Crippen molar-refractivity contribution in [3.05, 3.63) is 65.2 Å². The van der Waals surface area contributed by atoms with Gasteiger partial charge in [0.05, 0.1) is 6.61 Å². The molecule has 0 spiro atoms. The second kappa shape index (κ2) is 5.21. The Bertz CT molecular complexity index is 630. The number of hydrogen-bond donors (Lipinski definition) is 1. The van der Waals surface area contributed by atoms with E-state index in [2.05, 4.69) is 5.32 Å². The van der Waals surface area contributed by atoms with Crippen molar-refractivity contribution in [3.8, 4) is 5.75 Å². The summed E-state index contributed by atoms with van der Waals surface area (Å²) in [5.41, 5.74) is 1.81. The van der Waals surface area contributed by atoms with Crippen LogP contribution in [0.2, 0.25) is 0 Å². The van der Waals surface area contributed by atoms with E-state index in [4.69, 9.17) is 4.74 Å². The largest absolute Gasteiger partial charge is 0.493 e. The van der Waals surface area contributed by atoms with Gasteiger partial charge in [-0.3, -0.25) is 0 Å². The monoisotopic (exact) mass is 275 g/mol. The molecule has 1 aliphatic heterocycles. The van der Waals surface area contributed by atoms with E-state index in [1.807, 2.05) is 31.3 Å². The van der Waals surface area contributed by atoms with Gasteiger partial charge in [0.15, 0.2) is 11.6 Å². The number of benzene rings is 2. The average Bonchev–Trinajstić information content (AvgIpc) is 2.88. The van der Waals surface area contributed by atoms with E-state index in [-0.39, 0.29) is 12.0 Å². The van der Waals surface area contributed by atoms with E-state index in [9.17, 15) is 8.78 Å². The van der Waals surface area contributed by atoms with Crippen molar-refractivity contribution in [1.29, 1.82) is 0 Å². The van der Waals surface area contributed by atoms with Crippen molar-refractivity contribution < 1.29 is 13.5 Å². The number of nitrogens with one attached hydrogen (secondary N) is 1. The normalized spacial score (nSPS) is 18.4. The summed E-state index contributed by atoms with van der Waals surface area (Å²) < 4.78 is 32.1. The van der Waals surface area contributed by atoms with Gasteiger partial charge in [-0.25, -0.2) is 8.78 Å². The Morgan fingerprint density at radius 1 is 1.15 bits per heavy atom. The first kappa shape index (κ1) is 13.1. The van der Waals surface area contributed by atoms with E-state index in [1.165, 1.54) is 6.07 Å². The maximum atomic E-state index is 13.4. The molecule has 2 atom stereocenters. The van der Waals surface area contributed by atoms with Crippen molar-refractivity contribution in [2.75, 3.05) is 13.7 Å². The minimum atomic E-state index is -0.827. The molecule has 0 fully saturated rings. The Kier molecular flexibility index (Phi) is 3.40. The van der Waals surface area contributed by atoms with Gasteiger partial charge in [0.1, 0.15) is 5.75 Å². The van der Waals surface area contributed by atoms with Gasteiger partial charge in [-0.05, 0) is 30.8 Å². The number of hydrogen-bond acceptors (Lipinski definition) is 2. The smallest absolute Gasteiger partial charge is 0.159 e. The van der Waals surface area contributed by atoms with Crippen LogP contribution in [0.25, 0.3) is 0 Å². The van der Waals surface area contributed by atoms with E-state index in [0.29, 0.717) is 6.61 Å². The van der Waals surface area contributed by atoms with E-state index >= 15 is 0 Å². The fraction of sp³-hybridized carbons (Fsp3) is 0.250. The number of para-hydroxylation sites is 1. The zero-order valence-electron chi connectivity index (χ0n) is 11.1. The highest BCUT2D eigenvalue weighted by molar-refractivity contribution is 5.42. The molecule has 1 aliphatic rings. The summed E-state index contributed by atoms with van der Waals surface area (Å²) in [4.78, 5) is 0. The molecular weight excluding hydrogens is 260 g/mol. The van der Waals surface area contributed by atoms with Gasteiger partial charge in [0.25, 0.3) is 0 Å². The molecule has 0 aliphatic carbocycles. The fourth-order valence-electron chi connectivity index (χ4n) is 2.77. The lowest BCUT2D eigenvalue weighted by Gasteiger charge is -2.23. The van der Waals surface area contributed by atoms with Gasteiger partial charge < -0.3 is 10.1 Å². The third-order valence-corrected chi connectivity index (χ3v) is 3.75. The topological polar surface area (TPSA) is 21.3 Å². The number of ether oxygens (including phenoxy) is 1. The standard InChI is InChI=1S/C16H15F2NO/c1-19-16(10-6-7-13(17)14(18)8-10)12-9-20-15-5-3-2-4-11(12)15/h2-8,12,16,19H,9H2,1H3. The molecule has 3 rings (SSSR count). The lowest BCUT2D eigenvalue weighted by atomic mass is 9.88. The Balaban J connectivity index is 1.97. The van der Waals surface area contributed by atoms with Crippen LogP contribution in [0, 0.1) is 11.6 Å². The highest BCUT2D eigenvalue weighted by atomic mass is 19.2. The second-order valence-electron chi connectivity index (χ2n) is 4.90. The van der Waals surface area contributed by atoms with Gasteiger partial charge in [0, 0.05) is 17.5 Å². The summed E-state index contributed by atoms with van der Waals surface area (Å²) in [5, 5.41) is 3.18. The van der Waals surface area contributed by atoms with Crippen LogP contribution < -0.4 is 10.1 Å². The maximum Gasteiger partial charge on any atom is 0.159 e. The summed E-state index contributed by atoms with van der Waals surface area (Å²) in [6, 6.07) is 11.7. The molecule has 4 heteroatoms.